The molecule has 0 amide bonds. The van der Waals surface area contributed by atoms with Crippen molar-refractivity contribution in [3.05, 3.63) is 0 Å². The quantitative estimate of drug-likeness (QED) is 0.631. The molecule has 2 nitrogen and oxygen atoms in total. The van der Waals surface area contributed by atoms with Gasteiger partial charge in [-0.2, -0.15) is 0 Å². The van der Waals surface area contributed by atoms with Crippen LogP contribution < -0.4 is 0 Å². The van der Waals surface area contributed by atoms with Crippen molar-refractivity contribution in [3.63, 3.8) is 0 Å². The highest BCUT2D eigenvalue weighted by Gasteiger charge is 2.23. The van der Waals surface area contributed by atoms with E-state index in [1.807, 2.05) is 6.92 Å². The molecule has 1 saturated carbocycles. The zero-order chi connectivity index (χ0) is 8.27. The van der Waals surface area contributed by atoms with Crippen LogP contribution in [-0.4, -0.2) is 21.0 Å². The number of ketones is 1. The highest BCUT2D eigenvalue weighted by Crippen LogP contribution is 2.19. The third kappa shape index (κ3) is 2.40. The molecular formula is C8H14O2S. The van der Waals surface area contributed by atoms with Crippen LogP contribution in [0, 0.1) is 0 Å². The van der Waals surface area contributed by atoms with Crippen molar-refractivity contribution >= 4 is 16.6 Å². The molecule has 64 valence electrons. The van der Waals surface area contributed by atoms with E-state index in [9.17, 15) is 9.00 Å². The molecule has 0 aromatic carbocycles. The Labute approximate surface area is 69.8 Å². The van der Waals surface area contributed by atoms with Crippen molar-refractivity contribution < 1.29 is 9.00 Å². The number of hydrogen-bond donors (Lipinski definition) is 0. The smallest absolute Gasteiger partial charge is 0.134 e. The third-order valence-corrected chi connectivity index (χ3v) is 3.81. The van der Waals surface area contributed by atoms with Crippen LogP contribution in [0.25, 0.3) is 0 Å². The van der Waals surface area contributed by atoms with Crippen LogP contribution in [0.1, 0.15) is 32.6 Å². The van der Waals surface area contributed by atoms with E-state index < -0.39 is 10.8 Å². The molecule has 0 aliphatic heterocycles. The number of Topliss-reactive ketones (excluding diaryl/α,β-unsaturated/α-hetero) is 1. The average molecular weight is 174 g/mol. The third-order valence-electron chi connectivity index (χ3n) is 2.09. The summed E-state index contributed by atoms with van der Waals surface area (Å²) in [5.74, 6) is 0.987. The predicted octanol–water partition coefficient (Wildman–Crippen LogP) is 1.27. The van der Waals surface area contributed by atoms with E-state index in [1.54, 1.807) is 0 Å². The lowest BCUT2D eigenvalue weighted by atomic mass is 9.99. The van der Waals surface area contributed by atoms with Gasteiger partial charge in [0.05, 0.1) is 0 Å². The molecule has 2 atom stereocenters. The molecule has 1 aliphatic rings. The average Bonchev–Trinajstić information content (AvgIpc) is 2.03. The van der Waals surface area contributed by atoms with Gasteiger partial charge in [-0.1, -0.05) is 6.92 Å². The lowest BCUT2D eigenvalue weighted by Gasteiger charge is -2.18. The van der Waals surface area contributed by atoms with E-state index in [0.717, 1.165) is 12.8 Å². The molecule has 0 N–H and O–H groups in total. The molecule has 1 fully saturated rings. The zero-order valence-corrected chi connectivity index (χ0v) is 7.65. The van der Waals surface area contributed by atoms with Gasteiger partial charge in [0.25, 0.3) is 0 Å². The molecule has 0 radical (unpaired) electrons. The van der Waals surface area contributed by atoms with Crippen LogP contribution in [0.4, 0.5) is 0 Å². The van der Waals surface area contributed by atoms with Gasteiger partial charge in [0, 0.05) is 34.6 Å². The Morgan fingerprint density at radius 1 is 1.64 bits per heavy atom. The monoisotopic (exact) mass is 174 g/mol. The fraction of sp³-hybridized carbons (Fsp3) is 0.875. The second kappa shape index (κ2) is 4.00. The largest absolute Gasteiger partial charge is 0.300 e. The minimum Gasteiger partial charge on any atom is -0.300 e. The van der Waals surface area contributed by atoms with Crippen molar-refractivity contribution in [1.29, 1.82) is 0 Å². The van der Waals surface area contributed by atoms with Crippen molar-refractivity contribution in [2.45, 2.75) is 37.9 Å². The number of carbonyl (C=O) groups is 1. The minimum absolute atomic E-state index is 0.168. The fourth-order valence-electron chi connectivity index (χ4n) is 1.45. The van der Waals surface area contributed by atoms with E-state index >= 15 is 0 Å². The van der Waals surface area contributed by atoms with Gasteiger partial charge >= 0.3 is 0 Å². The summed E-state index contributed by atoms with van der Waals surface area (Å²) in [6, 6.07) is 0. The first kappa shape index (κ1) is 8.91. The molecule has 0 aromatic rings. The highest BCUT2D eigenvalue weighted by atomic mass is 32.2. The summed E-state index contributed by atoms with van der Waals surface area (Å²) in [5, 5.41) is 0.168. The zero-order valence-electron chi connectivity index (χ0n) is 6.84. The van der Waals surface area contributed by atoms with Crippen molar-refractivity contribution in [2.24, 2.45) is 0 Å². The van der Waals surface area contributed by atoms with E-state index in [0.29, 0.717) is 24.4 Å². The van der Waals surface area contributed by atoms with Gasteiger partial charge in [0.1, 0.15) is 5.78 Å². The van der Waals surface area contributed by atoms with Crippen molar-refractivity contribution in [3.8, 4) is 0 Å². The molecule has 1 aliphatic carbocycles. The summed E-state index contributed by atoms with van der Waals surface area (Å²) in [7, 11) is -0.755. The molecular weight excluding hydrogens is 160 g/mol. The molecule has 1 rings (SSSR count). The normalized spacial score (nSPS) is 28.5. The second-order valence-electron chi connectivity index (χ2n) is 2.93. The molecule has 3 heteroatoms. The molecule has 2 unspecified atom stereocenters. The summed E-state index contributed by atoms with van der Waals surface area (Å²) in [6.07, 6.45) is 3.18. The maximum atomic E-state index is 11.3. The summed E-state index contributed by atoms with van der Waals surface area (Å²) < 4.78 is 11.3. The Hall–Kier alpha value is -0.180. The summed E-state index contributed by atoms with van der Waals surface area (Å²) in [5.41, 5.74) is 0. The topological polar surface area (TPSA) is 34.1 Å². The lowest BCUT2D eigenvalue weighted by molar-refractivity contribution is -0.120. The second-order valence-corrected chi connectivity index (χ2v) is 4.93. The Bertz CT molecular complexity index is 177. The van der Waals surface area contributed by atoms with Gasteiger partial charge in [-0.15, -0.1) is 0 Å². The molecule has 0 bridgehead atoms. The lowest BCUT2D eigenvalue weighted by Crippen LogP contribution is -2.25. The Morgan fingerprint density at radius 3 is 2.91 bits per heavy atom. The van der Waals surface area contributed by atoms with Crippen LogP contribution in [-0.2, 0) is 15.6 Å². The van der Waals surface area contributed by atoms with Gasteiger partial charge in [-0.25, -0.2) is 0 Å². The Morgan fingerprint density at radius 2 is 2.36 bits per heavy atom. The minimum atomic E-state index is -0.755. The van der Waals surface area contributed by atoms with E-state index in [4.69, 9.17) is 0 Å². The van der Waals surface area contributed by atoms with Crippen molar-refractivity contribution in [1.82, 2.24) is 0 Å². The number of hydrogen-bond acceptors (Lipinski definition) is 2. The van der Waals surface area contributed by atoms with Gasteiger partial charge in [0.15, 0.2) is 0 Å². The SMILES string of the molecule is CCS(=O)C1CCCC(=O)C1. The molecule has 0 heterocycles. The molecule has 0 aromatic heterocycles. The van der Waals surface area contributed by atoms with Crippen LogP contribution in [0.15, 0.2) is 0 Å². The van der Waals surface area contributed by atoms with E-state index in [2.05, 4.69) is 0 Å². The van der Waals surface area contributed by atoms with Crippen LogP contribution in [0.5, 0.6) is 0 Å². The van der Waals surface area contributed by atoms with Gasteiger partial charge in [-0.05, 0) is 12.8 Å². The maximum absolute atomic E-state index is 11.3. The van der Waals surface area contributed by atoms with Gasteiger partial charge in [-0.3, -0.25) is 9.00 Å². The Balaban J connectivity index is 2.45. The summed E-state index contributed by atoms with van der Waals surface area (Å²) in [4.78, 5) is 11.0. The first-order valence-corrected chi connectivity index (χ1v) is 5.51. The summed E-state index contributed by atoms with van der Waals surface area (Å²) >= 11 is 0. The Kier molecular flexibility index (Phi) is 3.24. The van der Waals surface area contributed by atoms with E-state index in [-0.39, 0.29) is 5.25 Å². The van der Waals surface area contributed by atoms with Crippen molar-refractivity contribution in [2.75, 3.05) is 5.75 Å². The first-order chi connectivity index (χ1) is 5.24. The van der Waals surface area contributed by atoms with Gasteiger partial charge in [0.2, 0.25) is 0 Å². The molecule has 0 spiro atoms. The number of rotatable bonds is 2. The first-order valence-electron chi connectivity index (χ1n) is 4.13. The molecule has 11 heavy (non-hydrogen) atoms. The molecule has 0 saturated heterocycles. The summed E-state index contributed by atoms with van der Waals surface area (Å²) in [6.45, 7) is 1.91. The maximum Gasteiger partial charge on any atom is 0.134 e. The standard InChI is InChI=1S/C8H14O2S/c1-2-11(10)8-5-3-4-7(9)6-8/h8H,2-6H2,1H3. The fourth-order valence-corrected chi connectivity index (χ4v) is 2.72. The highest BCUT2D eigenvalue weighted by molar-refractivity contribution is 7.85. The number of carbonyl (C=O) groups excluding carboxylic acids is 1. The van der Waals surface area contributed by atoms with Crippen LogP contribution in [0.2, 0.25) is 0 Å². The van der Waals surface area contributed by atoms with Crippen LogP contribution >= 0.6 is 0 Å². The predicted molar refractivity (Wildman–Crippen MR) is 45.9 cm³/mol. The van der Waals surface area contributed by atoms with E-state index in [1.165, 1.54) is 0 Å². The van der Waals surface area contributed by atoms with Crippen LogP contribution in [0.3, 0.4) is 0 Å². The van der Waals surface area contributed by atoms with Gasteiger partial charge < -0.3 is 0 Å².